The minimum atomic E-state index is -0.112. The highest BCUT2D eigenvalue weighted by Crippen LogP contribution is 2.30. The molecule has 5 aromatic rings. The van der Waals surface area contributed by atoms with Gasteiger partial charge in [0.25, 0.3) is 0 Å². The first kappa shape index (κ1) is 24.1. The van der Waals surface area contributed by atoms with Crippen molar-refractivity contribution in [3.8, 4) is 11.4 Å². The van der Waals surface area contributed by atoms with Crippen LogP contribution >= 0.6 is 0 Å². The van der Waals surface area contributed by atoms with Gasteiger partial charge in [0.15, 0.2) is 11.5 Å². The number of para-hydroxylation sites is 1. The lowest BCUT2D eigenvalue weighted by molar-refractivity contribution is -0.132. The second-order valence-electron chi connectivity index (χ2n) is 10.0. The summed E-state index contributed by atoms with van der Waals surface area (Å²) in [6.07, 6.45) is 1.66. The molecule has 0 saturated carbocycles. The highest BCUT2D eigenvalue weighted by atomic mass is 16.2. The molecule has 0 aliphatic carbocycles. The Kier molecular flexibility index (Phi) is 6.50. The third kappa shape index (κ3) is 4.38. The number of carbonyl (C=O) groups excluding carboxylic acids is 1. The van der Waals surface area contributed by atoms with Crippen molar-refractivity contribution in [3.63, 3.8) is 0 Å². The molecule has 0 spiro atoms. The molecular formula is C31H32N6O. The maximum Gasteiger partial charge on any atom is 0.230 e. The van der Waals surface area contributed by atoms with Crippen molar-refractivity contribution in [1.82, 2.24) is 24.5 Å². The second-order valence-corrected chi connectivity index (χ2v) is 10.0. The number of hydrogen-bond donors (Lipinski definition) is 0. The van der Waals surface area contributed by atoms with Crippen molar-refractivity contribution in [2.45, 2.75) is 32.6 Å². The van der Waals surface area contributed by atoms with Gasteiger partial charge in [0.2, 0.25) is 11.9 Å². The van der Waals surface area contributed by atoms with Gasteiger partial charge in [-0.15, -0.1) is 10.2 Å². The Bertz CT molecular complexity index is 1580. The molecule has 192 valence electrons. The van der Waals surface area contributed by atoms with Crippen LogP contribution in [0.3, 0.4) is 0 Å². The zero-order chi connectivity index (χ0) is 26.1. The van der Waals surface area contributed by atoms with Crippen molar-refractivity contribution in [2.24, 2.45) is 0 Å². The number of aromatic nitrogens is 4. The van der Waals surface area contributed by atoms with E-state index in [1.54, 1.807) is 0 Å². The van der Waals surface area contributed by atoms with Gasteiger partial charge in [-0.05, 0) is 37.5 Å². The molecule has 3 aromatic carbocycles. The first-order chi connectivity index (χ1) is 18.6. The zero-order valence-corrected chi connectivity index (χ0v) is 21.9. The van der Waals surface area contributed by atoms with Crippen molar-refractivity contribution >= 4 is 28.4 Å². The van der Waals surface area contributed by atoms with E-state index in [1.807, 2.05) is 47.4 Å². The largest absolute Gasteiger partial charge is 0.340 e. The fourth-order valence-corrected chi connectivity index (χ4v) is 5.46. The summed E-state index contributed by atoms with van der Waals surface area (Å²) >= 11 is 0. The molecule has 1 atom stereocenters. The van der Waals surface area contributed by atoms with Gasteiger partial charge in [0.1, 0.15) is 0 Å². The summed E-state index contributed by atoms with van der Waals surface area (Å²) in [5.41, 5.74) is 4.98. The Morgan fingerprint density at radius 1 is 0.868 bits per heavy atom. The van der Waals surface area contributed by atoms with E-state index >= 15 is 0 Å². The number of aryl methyl sites for hydroxylation is 1. The average Bonchev–Trinajstić information content (AvgIpc) is 3.25. The number of benzene rings is 3. The number of nitrogens with zero attached hydrogens (tertiary/aromatic N) is 6. The van der Waals surface area contributed by atoms with Crippen LogP contribution in [-0.2, 0) is 4.79 Å². The lowest BCUT2D eigenvalue weighted by Crippen LogP contribution is -2.38. The molecule has 6 rings (SSSR count). The summed E-state index contributed by atoms with van der Waals surface area (Å²) in [5.74, 6) is 1.70. The Labute approximate surface area is 222 Å². The normalized spacial score (nSPS) is 15.1. The highest BCUT2D eigenvalue weighted by Gasteiger charge is 2.28. The van der Waals surface area contributed by atoms with E-state index < -0.39 is 0 Å². The summed E-state index contributed by atoms with van der Waals surface area (Å²) in [5, 5.41) is 10.2. The van der Waals surface area contributed by atoms with Crippen molar-refractivity contribution in [1.29, 1.82) is 0 Å². The first-order valence-corrected chi connectivity index (χ1v) is 13.4. The van der Waals surface area contributed by atoms with Gasteiger partial charge in [-0.2, -0.15) is 0 Å². The molecule has 1 fully saturated rings. The van der Waals surface area contributed by atoms with Gasteiger partial charge in [0.05, 0.1) is 11.4 Å². The van der Waals surface area contributed by atoms with Gasteiger partial charge in [-0.25, -0.2) is 9.38 Å². The molecule has 1 aliphatic rings. The van der Waals surface area contributed by atoms with E-state index in [9.17, 15) is 4.79 Å². The molecule has 0 bridgehead atoms. The molecule has 3 heterocycles. The highest BCUT2D eigenvalue weighted by molar-refractivity contribution is 5.93. The van der Waals surface area contributed by atoms with Crippen LogP contribution in [-0.4, -0.2) is 56.6 Å². The average molecular weight is 505 g/mol. The van der Waals surface area contributed by atoms with Crippen LogP contribution in [0.5, 0.6) is 0 Å². The molecule has 0 radical (unpaired) electrons. The van der Waals surface area contributed by atoms with E-state index in [0.717, 1.165) is 65.4 Å². The minimum absolute atomic E-state index is 0.112. The SMILES string of the molecule is CCC(C(=O)N1CCCN(c2nc3ccccc3c3nnc(-c4ccc(C)cc4)n23)CC1)c1ccccc1. The summed E-state index contributed by atoms with van der Waals surface area (Å²) in [7, 11) is 0. The predicted octanol–water partition coefficient (Wildman–Crippen LogP) is 5.49. The van der Waals surface area contributed by atoms with Gasteiger partial charge in [-0.1, -0.05) is 79.2 Å². The third-order valence-corrected chi connectivity index (χ3v) is 7.54. The lowest BCUT2D eigenvalue weighted by atomic mass is 9.95. The molecule has 0 N–H and O–H groups in total. The van der Waals surface area contributed by atoms with Crippen LogP contribution in [0, 0.1) is 6.92 Å². The Hall–Kier alpha value is -4.26. The van der Waals surface area contributed by atoms with Gasteiger partial charge < -0.3 is 9.80 Å². The van der Waals surface area contributed by atoms with E-state index in [2.05, 4.69) is 69.7 Å². The molecule has 2 aromatic heterocycles. The number of hydrogen-bond acceptors (Lipinski definition) is 5. The summed E-state index contributed by atoms with van der Waals surface area (Å²) in [6, 6.07) is 26.6. The van der Waals surface area contributed by atoms with E-state index in [0.29, 0.717) is 13.1 Å². The predicted molar refractivity (Wildman–Crippen MR) is 151 cm³/mol. The Balaban J connectivity index is 1.36. The van der Waals surface area contributed by atoms with Crippen LogP contribution in [0.4, 0.5) is 5.95 Å². The first-order valence-electron chi connectivity index (χ1n) is 13.4. The number of amides is 1. The van der Waals surface area contributed by atoms with Crippen molar-refractivity contribution < 1.29 is 4.79 Å². The van der Waals surface area contributed by atoms with Crippen LogP contribution in [0.25, 0.3) is 27.9 Å². The zero-order valence-electron chi connectivity index (χ0n) is 21.9. The molecule has 1 saturated heterocycles. The number of anilines is 1. The minimum Gasteiger partial charge on any atom is -0.340 e. The fraction of sp³-hybridized carbons (Fsp3) is 0.290. The standard InChI is InChI=1S/C31H32N6O/c1-3-25(23-10-5-4-6-11-23)30(38)35-18-9-19-36(21-20-35)31-32-27-13-8-7-12-26(27)29-34-33-28(37(29)31)24-16-14-22(2)15-17-24/h4-8,10-17,25H,3,9,18-21H2,1-2H3. The monoisotopic (exact) mass is 504 g/mol. The molecule has 38 heavy (non-hydrogen) atoms. The molecule has 7 heteroatoms. The maximum atomic E-state index is 13.6. The van der Waals surface area contributed by atoms with Crippen LogP contribution in [0.1, 0.15) is 36.8 Å². The number of fused-ring (bicyclic) bond motifs is 3. The van der Waals surface area contributed by atoms with Crippen LogP contribution in [0.2, 0.25) is 0 Å². The van der Waals surface area contributed by atoms with Crippen LogP contribution < -0.4 is 4.90 Å². The maximum absolute atomic E-state index is 13.6. The summed E-state index contributed by atoms with van der Waals surface area (Å²) < 4.78 is 2.09. The van der Waals surface area contributed by atoms with Crippen LogP contribution in [0.15, 0.2) is 78.9 Å². The second kappa shape index (κ2) is 10.2. The summed E-state index contributed by atoms with van der Waals surface area (Å²) in [4.78, 5) is 23.0. The fourth-order valence-electron chi connectivity index (χ4n) is 5.46. The molecule has 7 nitrogen and oxygen atoms in total. The van der Waals surface area contributed by atoms with Gasteiger partial charge in [-0.3, -0.25) is 4.79 Å². The molecule has 1 aliphatic heterocycles. The number of rotatable bonds is 5. The quantitative estimate of drug-likeness (QED) is 0.317. The smallest absolute Gasteiger partial charge is 0.230 e. The van der Waals surface area contributed by atoms with Crippen molar-refractivity contribution in [3.05, 3.63) is 90.0 Å². The molecule has 1 unspecified atom stereocenters. The van der Waals surface area contributed by atoms with E-state index in [4.69, 9.17) is 4.98 Å². The summed E-state index contributed by atoms with van der Waals surface area (Å²) in [6.45, 7) is 7.06. The molecular weight excluding hydrogens is 472 g/mol. The Morgan fingerprint density at radius 2 is 1.63 bits per heavy atom. The van der Waals surface area contributed by atoms with Gasteiger partial charge in [0, 0.05) is 37.1 Å². The van der Waals surface area contributed by atoms with E-state index in [1.165, 1.54) is 5.56 Å². The number of carbonyl (C=O) groups is 1. The van der Waals surface area contributed by atoms with E-state index in [-0.39, 0.29) is 11.8 Å². The third-order valence-electron chi connectivity index (χ3n) is 7.54. The molecule has 1 amide bonds. The van der Waals surface area contributed by atoms with Crippen molar-refractivity contribution in [2.75, 3.05) is 31.1 Å². The van der Waals surface area contributed by atoms with Gasteiger partial charge >= 0.3 is 0 Å². The Morgan fingerprint density at radius 3 is 2.42 bits per heavy atom. The lowest BCUT2D eigenvalue weighted by Gasteiger charge is -2.27. The topological polar surface area (TPSA) is 66.6 Å².